The van der Waals surface area contributed by atoms with Gasteiger partial charge in [0.15, 0.2) is 0 Å². The quantitative estimate of drug-likeness (QED) is 0.866. The molecule has 0 radical (unpaired) electrons. The van der Waals surface area contributed by atoms with Crippen molar-refractivity contribution in [2.75, 3.05) is 10.6 Å². The minimum atomic E-state index is -0.430. The van der Waals surface area contributed by atoms with E-state index >= 15 is 0 Å². The van der Waals surface area contributed by atoms with Crippen LogP contribution in [0.1, 0.15) is 5.56 Å². The first-order chi connectivity index (χ1) is 9.06. The van der Waals surface area contributed by atoms with E-state index in [0.717, 1.165) is 5.56 Å². The third-order valence-corrected chi connectivity index (χ3v) is 3.17. The number of benzene rings is 1. The lowest BCUT2D eigenvalue weighted by atomic mass is 10.3. The third kappa shape index (κ3) is 3.59. The van der Waals surface area contributed by atoms with E-state index in [1.807, 2.05) is 13.0 Å². The Bertz CT molecular complexity index is 599. The van der Waals surface area contributed by atoms with Gasteiger partial charge in [0, 0.05) is 6.20 Å². The second-order valence-corrected chi connectivity index (χ2v) is 4.69. The van der Waals surface area contributed by atoms with E-state index in [-0.39, 0.29) is 0 Å². The molecule has 4 nitrogen and oxygen atoms in total. The first kappa shape index (κ1) is 13.6. The van der Waals surface area contributed by atoms with Crippen molar-refractivity contribution < 1.29 is 4.79 Å². The van der Waals surface area contributed by atoms with Crippen molar-refractivity contribution in [2.24, 2.45) is 0 Å². The molecule has 0 bridgehead atoms. The van der Waals surface area contributed by atoms with Crippen molar-refractivity contribution >= 4 is 40.7 Å². The summed E-state index contributed by atoms with van der Waals surface area (Å²) in [6.07, 6.45) is 1.67. The standard InChI is InChI=1S/C13H11Cl2N3O/c1-8-5-6-11(16-7-8)18-13(19)17-10-4-2-3-9(14)12(10)15/h2-7H,1H3,(H2,16,17,18,19). The Labute approximate surface area is 120 Å². The first-order valence-electron chi connectivity index (χ1n) is 5.51. The molecule has 0 fully saturated rings. The van der Waals surface area contributed by atoms with Gasteiger partial charge in [-0.1, -0.05) is 35.3 Å². The van der Waals surface area contributed by atoms with Gasteiger partial charge in [-0.2, -0.15) is 0 Å². The maximum Gasteiger partial charge on any atom is 0.324 e. The highest BCUT2D eigenvalue weighted by Crippen LogP contribution is 2.29. The molecule has 2 aromatic rings. The normalized spacial score (nSPS) is 10.1. The summed E-state index contributed by atoms with van der Waals surface area (Å²) in [6.45, 7) is 1.92. The number of urea groups is 1. The maximum atomic E-state index is 11.8. The van der Waals surface area contributed by atoms with Crippen LogP contribution < -0.4 is 10.6 Å². The fraction of sp³-hybridized carbons (Fsp3) is 0.0769. The Balaban J connectivity index is 2.05. The van der Waals surface area contributed by atoms with E-state index in [1.54, 1.807) is 30.5 Å². The van der Waals surface area contributed by atoms with Crippen molar-refractivity contribution in [3.63, 3.8) is 0 Å². The molecule has 0 aliphatic heterocycles. The summed E-state index contributed by atoms with van der Waals surface area (Å²) in [5.41, 5.74) is 1.46. The Hall–Kier alpha value is -1.78. The molecule has 6 heteroatoms. The Morgan fingerprint density at radius 2 is 1.95 bits per heavy atom. The van der Waals surface area contributed by atoms with Crippen LogP contribution in [0.25, 0.3) is 0 Å². The van der Waals surface area contributed by atoms with E-state index in [2.05, 4.69) is 15.6 Å². The third-order valence-electron chi connectivity index (χ3n) is 2.35. The topological polar surface area (TPSA) is 54.0 Å². The number of nitrogens with zero attached hydrogens (tertiary/aromatic N) is 1. The molecule has 1 aromatic carbocycles. The predicted octanol–water partition coefficient (Wildman–Crippen LogP) is 4.34. The first-order valence-corrected chi connectivity index (χ1v) is 6.26. The smallest absolute Gasteiger partial charge is 0.306 e. The zero-order valence-electron chi connectivity index (χ0n) is 10.1. The van der Waals surface area contributed by atoms with Crippen molar-refractivity contribution in [1.29, 1.82) is 0 Å². The molecular formula is C13H11Cl2N3O. The highest BCUT2D eigenvalue weighted by molar-refractivity contribution is 6.44. The van der Waals surface area contributed by atoms with Gasteiger partial charge in [0.1, 0.15) is 5.82 Å². The number of anilines is 2. The number of carbonyl (C=O) groups excluding carboxylic acids is 1. The average Bonchev–Trinajstić information content (AvgIpc) is 2.38. The Morgan fingerprint density at radius 1 is 1.16 bits per heavy atom. The van der Waals surface area contributed by atoms with Gasteiger partial charge in [-0.05, 0) is 30.7 Å². The van der Waals surface area contributed by atoms with Gasteiger partial charge in [0.25, 0.3) is 0 Å². The lowest BCUT2D eigenvalue weighted by Crippen LogP contribution is -2.20. The van der Waals surface area contributed by atoms with Crippen LogP contribution in [-0.2, 0) is 0 Å². The molecule has 0 spiro atoms. The number of aromatic nitrogens is 1. The van der Waals surface area contributed by atoms with E-state index < -0.39 is 6.03 Å². The number of rotatable bonds is 2. The van der Waals surface area contributed by atoms with Crippen LogP contribution in [0.2, 0.25) is 10.0 Å². The summed E-state index contributed by atoms with van der Waals surface area (Å²) in [5.74, 6) is 0.459. The second-order valence-electron chi connectivity index (χ2n) is 3.90. The van der Waals surface area contributed by atoms with Crippen LogP contribution in [0.3, 0.4) is 0 Å². The lowest BCUT2D eigenvalue weighted by molar-refractivity contribution is 0.262. The molecule has 0 saturated carbocycles. The van der Waals surface area contributed by atoms with Gasteiger partial charge in [-0.25, -0.2) is 9.78 Å². The van der Waals surface area contributed by atoms with Crippen LogP contribution in [0.15, 0.2) is 36.5 Å². The molecule has 0 aliphatic carbocycles. The summed E-state index contributed by atoms with van der Waals surface area (Å²) in [7, 11) is 0. The maximum absolute atomic E-state index is 11.8. The van der Waals surface area contributed by atoms with E-state index in [9.17, 15) is 4.79 Å². The van der Waals surface area contributed by atoms with Crippen LogP contribution in [0.5, 0.6) is 0 Å². The SMILES string of the molecule is Cc1ccc(NC(=O)Nc2cccc(Cl)c2Cl)nc1. The number of nitrogens with one attached hydrogen (secondary N) is 2. The molecule has 0 unspecified atom stereocenters. The summed E-state index contributed by atoms with van der Waals surface area (Å²) in [5, 5.41) is 5.89. The van der Waals surface area contributed by atoms with Crippen molar-refractivity contribution in [2.45, 2.75) is 6.92 Å². The predicted molar refractivity (Wildman–Crippen MR) is 78.1 cm³/mol. The van der Waals surface area contributed by atoms with Gasteiger partial charge >= 0.3 is 6.03 Å². The van der Waals surface area contributed by atoms with Gasteiger partial charge in [0.2, 0.25) is 0 Å². The summed E-state index contributed by atoms with van der Waals surface area (Å²) < 4.78 is 0. The van der Waals surface area contributed by atoms with Crippen molar-refractivity contribution in [1.82, 2.24) is 4.98 Å². The van der Waals surface area contributed by atoms with E-state index in [0.29, 0.717) is 21.6 Å². The molecule has 0 atom stereocenters. The molecule has 98 valence electrons. The number of hydrogen-bond acceptors (Lipinski definition) is 2. The van der Waals surface area contributed by atoms with Crippen molar-refractivity contribution in [3.8, 4) is 0 Å². The van der Waals surface area contributed by atoms with E-state index in [1.165, 1.54) is 0 Å². The molecule has 2 N–H and O–H groups in total. The molecule has 19 heavy (non-hydrogen) atoms. The van der Waals surface area contributed by atoms with Crippen LogP contribution in [0, 0.1) is 6.92 Å². The molecule has 2 amide bonds. The number of pyridine rings is 1. The lowest BCUT2D eigenvalue weighted by Gasteiger charge is -2.09. The fourth-order valence-electron chi connectivity index (χ4n) is 1.41. The molecule has 0 aliphatic rings. The van der Waals surface area contributed by atoms with Gasteiger partial charge in [0.05, 0.1) is 15.7 Å². The molecule has 1 aromatic heterocycles. The number of halogens is 2. The van der Waals surface area contributed by atoms with Crippen molar-refractivity contribution in [3.05, 3.63) is 52.1 Å². The minimum absolute atomic E-state index is 0.302. The van der Waals surface area contributed by atoms with Gasteiger partial charge in [-0.3, -0.25) is 5.32 Å². The number of amides is 2. The number of carbonyl (C=O) groups is 1. The minimum Gasteiger partial charge on any atom is -0.306 e. The zero-order valence-corrected chi connectivity index (χ0v) is 11.6. The number of aryl methyl sites for hydroxylation is 1. The Morgan fingerprint density at radius 3 is 2.63 bits per heavy atom. The summed E-state index contributed by atoms with van der Waals surface area (Å²) in [4.78, 5) is 15.8. The summed E-state index contributed by atoms with van der Waals surface area (Å²) >= 11 is 11.8. The largest absolute Gasteiger partial charge is 0.324 e. The van der Waals surface area contributed by atoms with Gasteiger partial charge in [-0.15, -0.1) is 0 Å². The fourth-order valence-corrected chi connectivity index (χ4v) is 1.76. The highest BCUT2D eigenvalue weighted by atomic mass is 35.5. The molecular weight excluding hydrogens is 285 g/mol. The molecule has 1 heterocycles. The highest BCUT2D eigenvalue weighted by Gasteiger charge is 2.08. The van der Waals surface area contributed by atoms with Gasteiger partial charge < -0.3 is 5.32 Å². The van der Waals surface area contributed by atoms with E-state index in [4.69, 9.17) is 23.2 Å². The van der Waals surface area contributed by atoms with Crippen LogP contribution in [0.4, 0.5) is 16.3 Å². The second kappa shape index (κ2) is 5.91. The van der Waals surface area contributed by atoms with Crippen LogP contribution in [-0.4, -0.2) is 11.0 Å². The summed E-state index contributed by atoms with van der Waals surface area (Å²) in [6, 6.07) is 8.16. The van der Waals surface area contributed by atoms with Crippen LogP contribution >= 0.6 is 23.2 Å². The molecule has 2 rings (SSSR count). The monoisotopic (exact) mass is 295 g/mol. The average molecular weight is 296 g/mol. The number of hydrogen-bond donors (Lipinski definition) is 2. The zero-order chi connectivity index (χ0) is 13.8. The Kier molecular flexibility index (Phi) is 4.24. The molecule has 0 saturated heterocycles.